The van der Waals surface area contributed by atoms with E-state index in [0.717, 1.165) is 18.5 Å². The summed E-state index contributed by atoms with van der Waals surface area (Å²) >= 11 is 0. The number of nitrogens with one attached hydrogen (secondary N) is 1. The Morgan fingerprint density at radius 2 is 2.00 bits per heavy atom. The van der Waals surface area contributed by atoms with Crippen molar-refractivity contribution in [1.29, 1.82) is 0 Å². The average Bonchev–Trinajstić information content (AvgIpc) is 2.37. The quantitative estimate of drug-likeness (QED) is 0.877. The van der Waals surface area contributed by atoms with E-state index in [1.54, 1.807) is 0 Å². The van der Waals surface area contributed by atoms with Gasteiger partial charge in [-0.3, -0.25) is 4.98 Å². The summed E-state index contributed by atoms with van der Waals surface area (Å²) < 4.78 is 0. The van der Waals surface area contributed by atoms with Crippen LogP contribution in [0, 0.1) is 0 Å². The molecule has 0 bridgehead atoms. The van der Waals surface area contributed by atoms with E-state index in [4.69, 9.17) is 0 Å². The van der Waals surface area contributed by atoms with Crippen molar-refractivity contribution in [3.63, 3.8) is 0 Å². The van der Waals surface area contributed by atoms with Crippen molar-refractivity contribution in [2.45, 2.75) is 45.6 Å². The second kappa shape index (κ2) is 5.70. The molecule has 2 aromatic rings. The molecule has 0 aliphatic heterocycles. The van der Waals surface area contributed by atoms with Crippen molar-refractivity contribution in [2.75, 3.05) is 6.54 Å². The minimum absolute atomic E-state index is 0.138. The average molecular weight is 256 g/mol. The minimum Gasteiger partial charge on any atom is -0.315 e. The maximum absolute atomic E-state index is 4.58. The zero-order valence-electron chi connectivity index (χ0n) is 12.4. The molecule has 2 heteroatoms. The van der Waals surface area contributed by atoms with Gasteiger partial charge in [0.15, 0.2) is 0 Å². The Hall–Kier alpha value is -1.41. The largest absolute Gasteiger partial charge is 0.315 e. The first-order valence-corrected chi connectivity index (χ1v) is 7.11. The maximum Gasteiger partial charge on any atom is 0.0702 e. The van der Waals surface area contributed by atoms with Crippen LogP contribution in [0.2, 0.25) is 0 Å². The molecule has 2 nitrogen and oxygen atoms in total. The second-order valence-corrected chi connectivity index (χ2v) is 5.96. The topological polar surface area (TPSA) is 24.9 Å². The summed E-state index contributed by atoms with van der Waals surface area (Å²) in [6.45, 7) is 10.0. The van der Waals surface area contributed by atoms with Gasteiger partial charge in [-0.05, 0) is 43.0 Å². The molecule has 1 heterocycles. The third kappa shape index (κ3) is 3.32. The summed E-state index contributed by atoms with van der Waals surface area (Å²) in [6.07, 6.45) is 3.14. The van der Waals surface area contributed by atoms with E-state index < -0.39 is 0 Å². The summed E-state index contributed by atoms with van der Waals surface area (Å²) in [5.74, 6) is 0. The number of nitrogens with zero attached hydrogens (tertiary/aromatic N) is 1. The number of fused-ring (bicyclic) bond motifs is 1. The predicted molar refractivity (Wildman–Crippen MR) is 82.5 cm³/mol. The van der Waals surface area contributed by atoms with Gasteiger partial charge in [0.2, 0.25) is 0 Å². The molecule has 0 amide bonds. The maximum atomic E-state index is 4.58. The summed E-state index contributed by atoms with van der Waals surface area (Å²) in [6, 6.07) is 11.1. The van der Waals surface area contributed by atoms with E-state index in [-0.39, 0.29) is 5.41 Å². The number of rotatable bonds is 5. The van der Waals surface area contributed by atoms with Crippen LogP contribution in [0.5, 0.6) is 0 Å². The normalized spacial score (nSPS) is 13.7. The van der Waals surface area contributed by atoms with Crippen LogP contribution in [0.15, 0.2) is 36.5 Å². The van der Waals surface area contributed by atoms with Crippen LogP contribution < -0.4 is 5.32 Å². The lowest BCUT2D eigenvalue weighted by Crippen LogP contribution is -2.33. The van der Waals surface area contributed by atoms with Gasteiger partial charge in [0.1, 0.15) is 0 Å². The highest BCUT2D eigenvalue weighted by Gasteiger charge is 2.23. The minimum atomic E-state index is 0.138. The number of benzene rings is 1. The molecule has 1 atom stereocenters. The third-order valence-corrected chi connectivity index (χ3v) is 3.74. The van der Waals surface area contributed by atoms with Gasteiger partial charge >= 0.3 is 0 Å². The summed E-state index contributed by atoms with van der Waals surface area (Å²) in [7, 11) is 0. The molecule has 102 valence electrons. The zero-order chi connectivity index (χ0) is 13.9. The Balaban J connectivity index is 2.26. The lowest BCUT2D eigenvalue weighted by atomic mass is 9.79. The van der Waals surface area contributed by atoms with Crippen molar-refractivity contribution in [2.24, 2.45) is 0 Å². The van der Waals surface area contributed by atoms with Crippen molar-refractivity contribution in [3.05, 3.63) is 42.1 Å². The van der Waals surface area contributed by atoms with Crippen molar-refractivity contribution < 1.29 is 0 Å². The van der Waals surface area contributed by atoms with Crippen LogP contribution in [0.4, 0.5) is 0 Å². The van der Waals surface area contributed by atoms with Crippen LogP contribution in [-0.2, 0) is 5.41 Å². The lowest BCUT2D eigenvalue weighted by molar-refractivity contribution is 0.394. The van der Waals surface area contributed by atoms with E-state index in [1.165, 1.54) is 10.9 Å². The molecule has 0 saturated carbocycles. The van der Waals surface area contributed by atoms with Crippen LogP contribution >= 0.6 is 0 Å². The lowest BCUT2D eigenvalue weighted by Gasteiger charge is -2.29. The molecule has 1 N–H and O–H groups in total. The molecule has 0 fully saturated rings. The van der Waals surface area contributed by atoms with Gasteiger partial charge in [0.25, 0.3) is 0 Å². The number of aromatic nitrogens is 1. The Labute approximate surface area is 116 Å². The highest BCUT2D eigenvalue weighted by molar-refractivity contribution is 5.78. The van der Waals surface area contributed by atoms with Crippen molar-refractivity contribution in [1.82, 2.24) is 10.3 Å². The molecule has 0 spiro atoms. The molecule has 0 saturated heterocycles. The highest BCUT2D eigenvalue weighted by atomic mass is 14.9. The predicted octanol–water partition coefficient (Wildman–Crippen LogP) is 3.90. The smallest absolute Gasteiger partial charge is 0.0702 e. The van der Waals surface area contributed by atoms with Gasteiger partial charge in [-0.1, -0.05) is 39.0 Å². The van der Waals surface area contributed by atoms with Crippen LogP contribution in [0.1, 0.15) is 39.7 Å². The molecule has 1 aromatic heterocycles. The molecule has 0 radical (unpaired) electrons. The van der Waals surface area contributed by atoms with Crippen LogP contribution in [0.3, 0.4) is 0 Å². The Kier molecular flexibility index (Phi) is 4.20. The van der Waals surface area contributed by atoms with Crippen LogP contribution in [-0.4, -0.2) is 17.6 Å². The Morgan fingerprint density at radius 1 is 1.26 bits per heavy atom. The highest BCUT2D eigenvalue weighted by Crippen LogP contribution is 2.29. The molecule has 0 aliphatic rings. The summed E-state index contributed by atoms with van der Waals surface area (Å²) in [5, 5.41) is 4.71. The van der Waals surface area contributed by atoms with Gasteiger partial charge in [0.05, 0.1) is 5.52 Å². The first-order valence-electron chi connectivity index (χ1n) is 7.11. The third-order valence-electron chi connectivity index (χ3n) is 3.74. The Bertz CT molecular complexity index is 546. The fraction of sp³-hybridized carbons (Fsp3) is 0.471. The second-order valence-electron chi connectivity index (χ2n) is 5.96. The number of hydrogen-bond acceptors (Lipinski definition) is 2. The van der Waals surface area contributed by atoms with Gasteiger partial charge in [-0.2, -0.15) is 0 Å². The molecule has 1 unspecified atom stereocenters. The van der Waals surface area contributed by atoms with E-state index in [1.807, 2.05) is 12.3 Å². The van der Waals surface area contributed by atoms with Crippen molar-refractivity contribution >= 4 is 10.9 Å². The summed E-state index contributed by atoms with van der Waals surface area (Å²) in [4.78, 5) is 4.58. The first kappa shape index (κ1) is 14.0. The molecular weight excluding hydrogens is 232 g/mol. The van der Waals surface area contributed by atoms with E-state index >= 15 is 0 Å². The zero-order valence-corrected chi connectivity index (χ0v) is 12.4. The fourth-order valence-corrected chi connectivity index (χ4v) is 2.75. The molecule has 1 aromatic carbocycles. The SMILES string of the molecule is CCNC(C)CC(C)(C)c1cnc2ccccc2c1. The number of hydrogen-bond donors (Lipinski definition) is 1. The fourth-order valence-electron chi connectivity index (χ4n) is 2.75. The van der Waals surface area contributed by atoms with Gasteiger partial charge in [0, 0.05) is 17.6 Å². The van der Waals surface area contributed by atoms with E-state index in [9.17, 15) is 0 Å². The molecule has 0 aliphatic carbocycles. The first-order chi connectivity index (χ1) is 9.03. The summed E-state index contributed by atoms with van der Waals surface area (Å²) in [5.41, 5.74) is 2.52. The molecule has 2 rings (SSSR count). The van der Waals surface area contributed by atoms with E-state index in [2.05, 4.69) is 62.3 Å². The molecular formula is C17H24N2. The molecule has 19 heavy (non-hydrogen) atoms. The monoisotopic (exact) mass is 256 g/mol. The number of pyridine rings is 1. The standard InChI is InChI=1S/C17H24N2/c1-5-18-13(2)11-17(3,4)15-10-14-8-6-7-9-16(14)19-12-15/h6-10,12-13,18H,5,11H2,1-4H3. The Morgan fingerprint density at radius 3 is 2.74 bits per heavy atom. The van der Waals surface area contributed by atoms with Crippen molar-refractivity contribution in [3.8, 4) is 0 Å². The van der Waals surface area contributed by atoms with Gasteiger partial charge in [-0.25, -0.2) is 0 Å². The van der Waals surface area contributed by atoms with Crippen LogP contribution in [0.25, 0.3) is 10.9 Å². The van der Waals surface area contributed by atoms with Gasteiger partial charge in [-0.15, -0.1) is 0 Å². The van der Waals surface area contributed by atoms with E-state index in [0.29, 0.717) is 6.04 Å². The van der Waals surface area contributed by atoms with Gasteiger partial charge < -0.3 is 5.32 Å². The number of para-hydroxylation sites is 1.